The number of nitrogens with one attached hydrogen (secondary N) is 1. The minimum atomic E-state index is -0.968. The number of nitrogens with two attached hydrogens (primary N) is 1. The number of carboxylic acid groups (broad SMARTS) is 1. The fraction of sp³-hybridized carbons (Fsp3) is 0.600. The second-order valence-electron chi connectivity index (χ2n) is 6.75. The quantitative estimate of drug-likeness (QED) is 0.445. The number of hydrogen-bond acceptors (Lipinski definition) is 6. The Bertz CT molecular complexity index is 561. The molecule has 0 fully saturated rings. The number of anilines is 1. The maximum absolute atomic E-state index is 12.0. The molecule has 7 nitrogen and oxygen atoms in total. The van der Waals surface area contributed by atoms with E-state index in [1.54, 1.807) is 7.11 Å². The molecule has 7 heteroatoms. The normalized spacial score (nSPS) is 11.6. The van der Waals surface area contributed by atoms with E-state index in [1.165, 1.54) is 11.1 Å². The molecule has 0 spiro atoms. The van der Waals surface area contributed by atoms with Crippen LogP contribution < -0.4 is 11.1 Å². The topological polar surface area (TPSA) is 111 Å². The molecule has 0 radical (unpaired) electrons. The van der Waals surface area contributed by atoms with Gasteiger partial charge in [0.2, 0.25) is 0 Å². The van der Waals surface area contributed by atoms with Crippen LogP contribution >= 0.6 is 0 Å². The number of carbonyl (C=O) groups excluding carboxylic acids is 1. The first kappa shape index (κ1) is 24.9. The van der Waals surface area contributed by atoms with E-state index in [1.807, 2.05) is 6.92 Å². The molecule has 0 aliphatic carbocycles. The fourth-order valence-electron chi connectivity index (χ4n) is 2.34. The summed E-state index contributed by atoms with van der Waals surface area (Å²) >= 11 is 0. The predicted octanol–water partition coefficient (Wildman–Crippen LogP) is 2.95. The van der Waals surface area contributed by atoms with Crippen molar-refractivity contribution in [3.63, 3.8) is 0 Å². The molecule has 0 saturated heterocycles. The molecule has 27 heavy (non-hydrogen) atoms. The van der Waals surface area contributed by atoms with Gasteiger partial charge in [-0.3, -0.25) is 4.79 Å². The zero-order chi connectivity index (χ0) is 21.0. The lowest BCUT2D eigenvalue weighted by molar-refractivity contribution is -0.145. The third-order valence-electron chi connectivity index (χ3n) is 3.79. The Labute approximate surface area is 162 Å². The number of carbonyl (C=O) groups is 2. The summed E-state index contributed by atoms with van der Waals surface area (Å²) in [5, 5.41) is 11.0. The van der Waals surface area contributed by atoms with Gasteiger partial charge in [-0.15, -0.1) is 0 Å². The summed E-state index contributed by atoms with van der Waals surface area (Å²) in [5.74, 6) is -0.453. The van der Waals surface area contributed by atoms with Gasteiger partial charge in [-0.25, -0.2) is 4.79 Å². The molecular weight excluding hydrogens is 348 g/mol. The third-order valence-corrected chi connectivity index (χ3v) is 3.79. The van der Waals surface area contributed by atoms with Gasteiger partial charge in [-0.1, -0.05) is 45.9 Å². The Kier molecular flexibility index (Phi) is 12.1. The molecule has 1 aromatic rings. The van der Waals surface area contributed by atoms with E-state index in [0.717, 1.165) is 5.69 Å². The van der Waals surface area contributed by atoms with Crippen LogP contribution in [0.4, 0.5) is 5.69 Å². The first-order chi connectivity index (χ1) is 12.6. The van der Waals surface area contributed by atoms with Crippen molar-refractivity contribution in [3.05, 3.63) is 29.3 Å². The van der Waals surface area contributed by atoms with Crippen molar-refractivity contribution in [2.75, 3.05) is 32.2 Å². The lowest BCUT2D eigenvalue weighted by atomic mass is 9.92. The van der Waals surface area contributed by atoms with E-state index in [9.17, 15) is 9.59 Å². The monoisotopic (exact) mass is 382 g/mol. The highest BCUT2D eigenvalue weighted by Crippen LogP contribution is 2.32. The van der Waals surface area contributed by atoms with Crippen LogP contribution in [0.25, 0.3) is 0 Å². The van der Waals surface area contributed by atoms with Gasteiger partial charge in [0.1, 0.15) is 12.6 Å². The zero-order valence-electron chi connectivity index (χ0n) is 17.2. The first-order valence-electron chi connectivity index (χ1n) is 9.12. The van der Waals surface area contributed by atoms with Gasteiger partial charge in [0, 0.05) is 12.8 Å². The van der Waals surface area contributed by atoms with Gasteiger partial charge in [-0.05, 0) is 29.9 Å². The van der Waals surface area contributed by atoms with Gasteiger partial charge in [0.25, 0.3) is 0 Å². The van der Waals surface area contributed by atoms with E-state index < -0.39 is 12.0 Å². The third kappa shape index (κ3) is 9.40. The van der Waals surface area contributed by atoms with E-state index >= 15 is 0 Å². The molecule has 154 valence electrons. The van der Waals surface area contributed by atoms with Crippen molar-refractivity contribution in [1.29, 1.82) is 0 Å². The Morgan fingerprint density at radius 2 is 1.56 bits per heavy atom. The highest BCUT2D eigenvalue weighted by molar-refractivity contribution is 5.80. The number of esters is 1. The van der Waals surface area contributed by atoms with Gasteiger partial charge in [0.15, 0.2) is 0 Å². The van der Waals surface area contributed by atoms with Crippen molar-refractivity contribution < 1.29 is 24.2 Å². The number of para-hydroxylation sites is 1. The van der Waals surface area contributed by atoms with Gasteiger partial charge in [0.05, 0.1) is 13.2 Å². The molecule has 0 unspecified atom stereocenters. The summed E-state index contributed by atoms with van der Waals surface area (Å²) in [5.41, 5.74) is 8.08. The van der Waals surface area contributed by atoms with Crippen LogP contribution in [0.3, 0.4) is 0 Å². The van der Waals surface area contributed by atoms with Crippen molar-refractivity contribution in [3.8, 4) is 0 Å². The van der Waals surface area contributed by atoms with Crippen LogP contribution in [0, 0.1) is 0 Å². The summed E-state index contributed by atoms with van der Waals surface area (Å²) < 4.78 is 10.1. The van der Waals surface area contributed by atoms with Crippen molar-refractivity contribution >= 4 is 17.6 Å². The largest absolute Gasteiger partial charge is 0.480 e. The predicted molar refractivity (Wildman–Crippen MR) is 107 cm³/mol. The Morgan fingerprint density at radius 3 is 1.93 bits per heavy atom. The van der Waals surface area contributed by atoms with Gasteiger partial charge < -0.3 is 25.6 Å². The maximum Gasteiger partial charge on any atom is 0.328 e. The van der Waals surface area contributed by atoms with Gasteiger partial charge >= 0.3 is 11.9 Å². The molecule has 1 atom stereocenters. The second-order valence-corrected chi connectivity index (χ2v) is 6.75. The van der Waals surface area contributed by atoms with E-state index in [0.29, 0.717) is 18.4 Å². The summed E-state index contributed by atoms with van der Waals surface area (Å²) in [4.78, 5) is 21.3. The molecule has 0 aliphatic rings. The second kappa shape index (κ2) is 13.1. The molecule has 1 rings (SSSR count). The van der Waals surface area contributed by atoms with Crippen LogP contribution in [0.2, 0.25) is 0 Å². The van der Waals surface area contributed by atoms with E-state index in [-0.39, 0.29) is 19.1 Å². The minimum Gasteiger partial charge on any atom is -0.480 e. The van der Waals surface area contributed by atoms with E-state index in [2.05, 4.69) is 56.9 Å². The molecule has 0 saturated carbocycles. The van der Waals surface area contributed by atoms with Crippen molar-refractivity contribution in [1.82, 2.24) is 0 Å². The first-order valence-corrected chi connectivity index (χ1v) is 9.12. The van der Waals surface area contributed by atoms with Gasteiger partial charge in [-0.2, -0.15) is 0 Å². The summed E-state index contributed by atoms with van der Waals surface area (Å²) in [6, 6.07) is 5.91. The van der Waals surface area contributed by atoms with Crippen molar-refractivity contribution in [2.24, 2.45) is 5.73 Å². The van der Waals surface area contributed by atoms with Crippen LogP contribution in [0.5, 0.6) is 0 Å². The van der Waals surface area contributed by atoms with Crippen LogP contribution in [0.15, 0.2) is 18.2 Å². The number of hydrogen-bond donors (Lipinski definition) is 3. The summed E-state index contributed by atoms with van der Waals surface area (Å²) in [6.07, 6.45) is 0. The number of aliphatic carboxylic acids is 1. The van der Waals surface area contributed by atoms with E-state index in [4.69, 9.17) is 14.6 Å². The van der Waals surface area contributed by atoms with Crippen molar-refractivity contribution in [2.45, 2.75) is 52.5 Å². The highest BCUT2D eigenvalue weighted by atomic mass is 16.6. The average Bonchev–Trinajstić information content (AvgIpc) is 2.61. The Balaban J connectivity index is 0.00000119. The molecule has 0 aliphatic heterocycles. The smallest absolute Gasteiger partial charge is 0.328 e. The molecule has 0 amide bonds. The zero-order valence-corrected chi connectivity index (χ0v) is 17.2. The van der Waals surface area contributed by atoms with Crippen LogP contribution in [-0.4, -0.2) is 50.0 Å². The molecular formula is C20H34N2O5. The highest BCUT2D eigenvalue weighted by Gasteiger charge is 2.19. The number of methoxy groups -OCH3 is 1. The molecule has 0 aromatic heterocycles. The Hall–Kier alpha value is -2.12. The lowest BCUT2D eigenvalue weighted by Crippen LogP contribution is -2.30. The SMILES string of the molecule is COCCOC(=O)[C@H](C)Nc1c(C(C)C)cccc1C(C)C.NCC(=O)O. The lowest BCUT2D eigenvalue weighted by Gasteiger charge is -2.23. The minimum absolute atomic E-state index is 0.259. The number of carboxylic acids is 1. The molecule has 1 aromatic carbocycles. The summed E-state index contributed by atoms with van der Waals surface area (Å²) in [7, 11) is 1.59. The fourth-order valence-corrected chi connectivity index (χ4v) is 2.34. The standard InChI is InChI=1S/C18H29NO3.C2H5NO2/c1-12(2)15-8-7-9-16(13(3)4)17(15)19-14(5)18(20)22-11-10-21-6;3-1-2(4)5/h7-9,12-14,19H,10-11H2,1-6H3;1,3H2,(H,4,5)/t14-;/m0./s1. The van der Waals surface area contributed by atoms with Crippen LogP contribution in [-0.2, 0) is 19.1 Å². The average molecular weight is 383 g/mol. The van der Waals surface area contributed by atoms with Crippen LogP contribution in [0.1, 0.15) is 57.6 Å². The molecule has 0 heterocycles. The molecule has 4 N–H and O–H groups in total. The summed E-state index contributed by atoms with van der Waals surface area (Å²) in [6.45, 7) is 10.9. The number of ether oxygens (including phenoxy) is 2. The molecule has 0 bridgehead atoms. The maximum atomic E-state index is 12.0. The Morgan fingerprint density at radius 1 is 1.07 bits per heavy atom. The number of rotatable bonds is 9. The number of benzene rings is 1.